The van der Waals surface area contributed by atoms with Gasteiger partial charge in [0.1, 0.15) is 0 Å². The highest BCUT2D eigenvalue weighted by Crippen LogP contribution is -0.00237. The van der Waals surface area contributed by atoms with Crippen molar-refractivity contribution in [1.29, 1.82) is 0 Å². The maximum atomic E-state index is 8.57. The molecule has 0 rings (SSSR count). The Hall–Kier alpha value is 0.960. The molecule has 5 heteroatoms. The van der Waals surface area contributed by atoms with E-state index >= 15 is 0 Å². The third kappa shape index (κ3) is 47.2. The largest absolute Gasteiger partial charge is 0.427 e. The average molecular weight is 210 g/mol. The molecular weight excluding hydrogens is 207 g/mol. The lowest BCUT2D eigenvalue weighted by molar-refractivity contribution is -1.73. The molecule has 0 saturated carbocycles. The van der Waals surface area contributed by atoms with Gasteiger partial charge in [-0.15, -0.1) is 0 Å². The van der Waals surface area contributed by atoms with Crippen LogP contribution in [0.25, 0.3) is 0 Å². The monoisotopic (exact) mass is 210 g/mol. The van der Waals surface area contributed by atoms with Crippen molar-refractivity contribution >= 4 is 13.5 Å². The van der Waals surface area contributed by atoms with Gasteiger partial charge in [-0.3, -0.25) is 0 Å². The van der Waals surface area contributed by atoms with Crippen LogP contribution in [0.3, 0.4) is 0 Å². The molecule has 0 radical (unpaired) electrons. The molecule has 0 aromatic rings. The summed E-state index contributed by atoms with van der Waals surface area (Å²) in [5.74, 6) is 0. The number of halogens is 1. The molecule has 3 nitrogen and oxygen atoms in total. The Morgan fingerprint density at radius 1 is 1.00 bits per heavy atom. The third-order valence-corrected chi connectivity index (χ3v) is 0. The molecule has 0 aromatic carbocycles. The van der Waals surface area contributed by atoms with E-state index in [1.54, 1.807) is 0 Å². The molecule has 0 aromatic heterocycles. The van der Waals surface area contributed by atoms with Gasteiger partial charge in [0.2, 0.25) is 0 Å². The van der Waals surface area contributed by atoms with Crippen molar-refractivity contribution in [2.75, 3.05) is 0 Å². The summed E-state index contributed by atoms with van der Waals surface area (Å²) in [7, 11) is 0. The molecule has 0 aliphatic rings. The van der Waals surface area contributed by atoms with E-state index in [4.69, 9.17) is 10.3 Å². The van der Waals surface area contributed by atoms with Crippen LogP contribution in [0.15, 0.2) is 0 Å². The van der Waals surface area contributed by atoms with E-state index in [-0.39, 0.29) is 13.5 Å². The first kappa shape index (κ1) is 9.35. The van der Waals surface area contributed by atoms with Crippen molar-refractivity contribution in [2.45, 2.75) is 0 Å². The molecule has 0 spiro atoms. The molecule has 0 unspecified atom stereocenters. The molecule has 0 N–H and O–H groups in total. The van der Waals surface area contributed by atoms with Crippen molar-refractivity contribution < 1.29 is 31.4 Å². The van der Waals surface area contributed by atoms with E-state index in [1.165, 1.54) is 0 Å². The van der Waals surface area contributed by atoms with Crippen LogP contribution in [-0.2, 0) is 13.5 Å². The Morgan fingerprint density at radius 2 is 1.00 bits per heavy atom. The first-order valence-electron chi connectivity index (χ1n) is 0.463. The molecule has 5 heavy (non-hydrogen) atoms. The van der Waals surface area contributed by atoms with Crippen LogP contribution < -0.4 is 31.4 Å². The van der Waals surface area contributed by atoms with Gasteiger partial charge in [0.05, 0.1) is 0 Å². The molecule has 0 heterocycles. The second-order valence-corrected chi connectivity index (χ2v) is 1.27. The van der Waals surface area contributed by atoms with Gasteiger partial charge in [0, 0.05) is 0 Å². The van der Waals surface area contributed by atoms with E-state index in [9.17, 15) is 0 Å². The second-order valence-electron chi connectivity index (χ2n) is 0.189. The van der Waals surface area contributed by atoms with Crippen molar-refractivity contribution in [1.82, 2.24) is 0 Å². The lowest BCUT2D eigenvalue weighted by atomic mass is 16.0. The summed E-state index contributed by atoms with van der Waals surface area (Å²) in [6.45, 7) is 0. The van der Waals surface area contributed by atoms with Gasteiger partial charge in [0.15, 0.2) is 0 Å². The predicted octanol–water partition coefficient (Wildman–Crippen LogP) is -7.37. The van der Waals surface area contributed by atoms with Crippen LogP contribution in [0.2, 0.25) is 0 Å². The van der Waals surface area contributed by atoms with E-state index in [1.807, 2.05) is 0 Å². The van der Waals surface area contributed by atoms with Gasteiger partial charge >= 0.3 is 0 Å². The van der Waals surface area contributed by atoms with Crippen molar-refractivity contribution in [3.05, 3.63) is 0 Å². The topological polar surface area (TPSA) is 69.2 Å². The lowest BCUT2D eigenvalue weighted by Gasteiger charge is -1.84. The molecule has 34 valence electrons. The smallest absolute Gasteiger partial charge is 0.282 e. The van der Waals surface area contributed by atoms with Gasteiger partial charge in [-0.25, -0.2) is 0 Å². The molecule has 0 bridgehead atoms. The summed E-state index contributed by atoms with van der Waals surface area (Å²) in [6, 6.07) is 0. The summed E-state index contributed by atoms with van der Waals surface area (Å²) in [6.07, 6.45) is 0. The van der Waals surface area contributed by atoms with E-state index in [0.717, 1.165) is 0 Å². The Labute approximate surface area is 45.1 Å². The minimum atomic E-state index is -4.01. The van der Waals surface area contributed by atoms with Crippen molar-refractivity contribution in [2.24, 2.45) is 0 Å². The highest BCUT2D eigenvalue weighted by Gasteiger charge is 1.70. The Bertz CT molecular complexity index is 11.6. The highest BCUT2D eigenvalue weighted by molar-refractivity contribution is 7.37. The van der Waals surface area contributed by atoms with Crippen molar-refractivity contribution in [3.63, 3.8) is 0 Å². The summed E-state index contributed by atoms with van der Waals surface area (Å²) < 4.78 is 25.7. The summed E-state index contributed by atoms with van der Waals surface area (Å²) in [5, 5.41) is 0. The maximum absolute atomic E-state index is 8.57. The summed E-state index contributed by atoms with van der Waals surface area (Å²) in [4.78, 5) is 0. The Balaban J connectivity index is 0. The number of hydrogen-bond acceptors (Lipinski definition) is 3. The van der Waals surface area contributed by atoms with Gasteiger partial charge in [0.25, 0.3) is 21.1 Å². The normalized spacial score (nSPS) is 7.20. The average Bonchev–Trinajstić information content (AvgIpc) is 0.811. The van der Waals surface area contributed by atoms with E-state index < -0.39 is 21.1 Å². The molecular formula is H3IO3S. The summed E-state index contributed by atoms with van der Waals surface area (Å²) in [5.41, 5.74) is 0. The minimum absolute atomic E-state index is 0. The predicted molar refractivity (Wildman–Crippen MR) is 11.5 cm³/mol. The lowest BCUT2D eigenvalue weighted by Crippen LogP contribution is -4.05. The fraction of sp³-hybridized carbons (Fsp3) is 0. The third-order valence-electron chi connectivity index (χ3n) is 0. The first-order valence-corrected chi connectivity index (χ1v) is 3.11. The maximum Gasteiger partial charge on any atom is 0.282 e. The zero-order chi connectivity index (χ0) is 3.58. The number of hydrogen-bond donors (Lipinski definition) is 0. The first-order chi connectivity index (χ1) is 1.73. The second kappa shape index (κ2) is 4.96. The van der Waals surface area contributed by atoms with E-state index in [0.29, 0.717) is 0 Å². The van der Waals surface area contributed by atoms with Crippen LogP contribution >= 0.6 is 0 Å². The SMILES string of the molecule is [O-][I+2]([O-])[O-].[SH3+]. The fourth-order valence-electron chi connectivity index (χ4n) is 0. The van der Waals surface area contributed by atoms with Crippen LogP contribution in [-0.4, -0.2) is 0 Å². The van der Waals surface area contributed by atoms with Gasteiger partial charge in [-0.2, -0.15) is 0 Å². The zero-order valence-electron chi connectivity index (χ0n) is 2.18. The van der Waals surface area contributed by atoms with Crippen LogP contribution in [0.5, 0.6) is 0 Å². The van der Waals surface area contributed by atoms with Crippen LogP contribution in [0.1, 0.15) is 0 Å². The van der Waals surface area contributed by atoms with Crippen LogP contribution in [0.4, 0.5) is 0 Å². The van der Waals surface area contributed by atoms with Gasteiger partial charge < -0.3 is 10.3 Å². The quantitative estimate of drug-likeness (QED) is 0.294. The molecule has 0 aliphatic carbocycles. The molecule has 0 saturated heterocycles. The minimum Gasteiger partial charge on any atom is -0.427 e. The molecule has 0 atom stereocenters. The zero-order valence-corrected chi connectivity index (χ0v) is 5.49. The number of rotatable bonds is 0. The Morgan fingerprint density at radius 3 is 1.00 bits per heavy atom. The van der Waals surface area contributed by atoms with Crippen LogP contribution in [0, 0.1) is 0 Å². The highest BCUT2D eigenvalue weighted by atomic mass is 127. The Kier molecular flexibility index (Phi) is 9.28. The molecule has 0 aliphatic heterocycles. The molecule has 0 amide bonds. The summed E-state index contributed by atoms with van der Waals surface area (Å²) >= 11 is -4.01. The van der Waals surface area contributed by atoms with Gasteiger partial charge in [-0.1, -0.05) is 13.5 Å². The fourth-order valence-corrected chi connectivity index (χ4v) is 0. The van der Waals surface area contributed by atoms with Gasteiger partial charge in [-0.05, 0) is 0 Å². The van der Waals surface area contributed by atoms with E-state index in [2.05, 4.69) is 0 Å². The standard InChI is InChI=1S/IO3.H2S/c2-1(3)4;/h;1H2/q-1;/p+1. The van der Waals surface area contributed by atoms with Crippen molar-refractivity contribution in [3.8, 4) is 0 Å². The molecule has 0 fully saturated rings.